The van der Waals surface area contributed by atoms with Crippen molar-refractivity contribution in [3.63, 3.8) is 0 Å². The monoisotopic (exact) mass is 378 g/mol. The molecule has 0 aliphatic heterocycles. The maximum absolute atomic E-state index is 11.7. The molecule has 5 nitrogen and oxygen atoms in total. The van der Waals surface area contributed by atoms with Crippen LogP contribution >= 0.6 is 22.6 Å². The number of para-hydroxylation sites is 1. The summed E-state index contributed by atoms with van der Waals surface area (Å²) in [7, 11) is 0. The van der Waals surface area contributed by atoms with Gasteiger partial charge in [0.1, 0.15) is 0 Å². The molecule has 0 spiro atoms. The second kappa shape index (κ2) is 9.11. The minimum atomic E-state index is -0.407. The van der Waals surface area contributed by atoms with Crippen LogP contribution in [0.2, 0.25) is 0 Å². The molecule has 6 heteroatoms. The number of carbonyl (C=O) groups is 1. The standard InChI is InChI=1S/C13H19IN2O3/c1-3-18-12(19-4-2)9-15-13(17)16-11-8-6-5-7-10(11)14/h5-8,12H,3-4,9H2,1-2H3,(H2,15,16,17). The Kier molecular flexibility index (Phi) is 7.76. The van der Waals surface area contributed by atoms with Crippen LogP contribution in [-0.2, 0) is 9.47 Å². The summed E-state index contributed by atoms with van der Waals surface area (Å²) < 4.78 is 11.7. The van der Waals surface area contributed by atoms with Crippen molar-refractivity contribution in [1.82, 2.24) is 5.32 Å². The summed E-state index contributed by atoms with van der Waals surface area (Å²) in [5, 5.41) is 5.51. The van der Waals surface area contributed by atoms with Crippen LogP contribution in [-0.4, -0.2) is 32.1 Å². The first-order valence-corrected chi connectivity index (χ1v) is 7.27. The summed E-state index contributed by atoms with van der Waals surface area (Å²) in [5.74, 6) is 0. The van der Waals surface area contributed by atoms with E-state index in [4.69, 9.17) is 9.47 Å². The average molecular weight is 378 g/mol. The summed E-state index contributed by atoms with van der Waals surface area (Å²) in [5.41, 5.74) is 0.782. The average Bonchev–Trinajstić information content (AvgIpc) is 2.39. The number of benzene rings is 1. The second-order valence-electron chi connectivity index (χ2n) is 3.66. The fourth-order valence-electron chi connectivity index (χ4n) is 1.44. The maximum Gasteiger partial charge on any atom is 0.319 e. The molecular formula is C13H19IN2O3. The molecule has 0 fully saturated rings. The molecule has 19 heavy (non-hydrogen) atoms. The highest BCUT2D eigenvalue weighted by molar-refractivity contribution is 14.1. The molecule has 1 rings (SSSR count). The highest BCUT2D eigenvalue weighted by Gasteiger charge is 2.10. The fraction of sp³-hybridized carbons (Fsp3) is 0.462. The van der Waals surface area contributed by atoms with Gasteiger partial charge in [-0.2, -0.15) is 0 Å². The lowest BCUT2D eigenvalue weighted by Crippen LogP contribution is -2.37. The molecule has 0 unspecified atom stereocenters. The Labute approximate surface area is 127 Å². The fourth-order valence-corrected chi connectivity index (χ4v) is 1.97. The molecule has 2 N–H and O–H groups in total. The van der Waals surface area contributed by atoms with Crippen molar-refractivity contribution in [3.8, 4) is 0 Å². The first-order chi connectivity index (χ1) is 9.17. The molecule has 0 aliphatic carbocycles. The van der Waals surface area contributed by atoms with Gasteiger partial charge in [-0.1, -0.05) is 12.1 Å². The van der Waals surface area contributed by atoms with Gasteiger partial charge in [0, 0.05) is 16.8 Å². The Hall–Kier alpha value is -0.860. The van der Waals surface area contributed by atoms with Gasteiger partial charge >= 0.3 is 6.03 Å². The number of nitrogens with one attached hydrogen (secondary N) is 2. The summed E-state index contributed by atoms with van der Waals surface area (Å²) in [6.07, 6.45) is -0.407. The first-order valence-electron chi connectivity index (χ1n) is 6.20. The molecule has 1 aromatic rings. The number of halogens is 1. The number of amides is 2. The summed E-state index contributed by atoms with van der Waals surface area (Å²) >= 11 is 2.17. The van der Waals surface area contributed by atoms with Gasteiger partial charge in [0.15, 0.2) is 6.29 Å². The molecule has 0 aliphatic rings. The molecular weight excluding hydrogens is 359 g/mol. The second-order valence-corrected chi connectivity index (χ2v) is 4.82. The van der Waals surface area contributed by atoms with Crippen molar-refractivity contribution in [2.45, 2.75) is 20.1 Å². The Morgan fingerprint density at radius 3 is 2.47 bits per heavy atom. The van der Waals surface area contributed by atoms with Gasteiger partial charge in [0.2, 0.25) is 0 Å². The van der Waals surface area contributed by atoms with E-state index in [1.165, 1.54) is 0 Å². The quantitative estimate of drug-likeness (QED) is 0.567. The third-order valence-electron chi connectivity index (χ3n) is 2.26. The van der Waals surface area contributed by atoms with E-state index in [-0.39, 0.29) is 6.03 Å². The van der Waals surface area contributed by atoms with Gasteiger partial charge < -0.3 is 20.1 Å². The van der Waals surface area contributed by atoms with E-state index in [9.17, 15) is 4.79 Å². The minimum absolute atomic E-state index is 0.270. The van der Waals surface area contributed by atoms with Crippen LogP contribution in [0.1, 0.15) is 13.8 Å². The van der Waals surface area contributed by atoms with E-state index in [1.54, 1.807) is 0 Å². The lowest BCUT2D eigenvalue weighted by Gasteiger charge is -2.17. The van der Waals surface area contributed by atoms with Crippen molar-refractivity contribution in [1.29, 1.82) is 0 Å². The number of hydrogen-bond acceptors (Lipinski definition) is 3. The van der Waals surface area contributed by atoms with Gasteiger partial charge in [-0.25, -0.2) is 4.79 Å². The van der Waals surface area contributed by atoms with Gasteiger partial charge in [-0.3, -0.25) is 0 Å². The Bertz CT molecular complexity index is 395. The normalized spacial score (nSPS) is 10.5. The predicted octanol–water partition coefficient (Wildman–Crippen LogP) is 2.81. The largest absolute Gasteiger partial charge is 0.351 e. The Morgan fingerprint density at radius 1 is 1.26 bits per heavy atom. The van der Waals surface area contributed by atoms with E-state index in [0.717, 1.165) is 9.26 Å². The van der Waals surface area contributed by atoms with E-state index in [0.29, 0.717) is 19.8 Å². The Balaban J connectivity index is 2.40. The molecule has 0 saturated carbocycles. The predicted molar refractivity (Wildman–Crippen MR) is 83.2 cm³/mol. The topological polar surface area (TPSA) is 59.6 Å². The molecule has 0 bridgehead atoms. The molecule has 0 radical (unpaired) electrons. The van der Waals surface area contributed by atoms with Crippen molar-refractivity contribution in [2.75, 3.05) is 25.1 Å². The van der Waals surface area contributed by atoms with Crippen molar-refractivity contribution in [3.05, 3.63) is 27.8 Å². The first kappa shape index (κ1) is 16.2. The van der Waals surface area contributed by atoms with E-state index in [1.807, 2.05) is 38.1 Å². The number of urea groups is 1. The highest BCUT2D eigenvalue weighted by atomic mass is 127. The van der Waals surface area contributed by atoms with Crippen LogP contribution in [0, 0.1) is 3.57 Å². The number of rotatable bonds is 7. The molecule has 0 heterocycles. The van der Waals surface area contributed by atoms with E-state index >= 15 is 0 Å². The smallest absolute Gasteiger partial charge is 0.319 e. The van der Waals surface area contributed by atoms with Crippen LogP contribution in [0.3, 0.4) is 0 Å². The summed E-state index contributed by atoms with van der Waals surface area (Å²) in [4.78, 5) is 11.7. The summed E-state index contributed by atoms with van der Waals surface area (Å²) in [6.45, 7) is 5.18. The number of carbonyl (C=O) groups excluding carboxylic acids is 1. The SMILES string of the molecule is CCOC(CNC(=O)Nc1ccccc1I)OCC. The molecule has 0 aromatic heterocycles. The zero-order valence-corrected chi connectivity index (χ0v) is 13.3. The lowest BCUT2D eigenvalue weighted by molar-refractivity contribution is -0.131. The molecule has 0 atom stereocenters. The lowest BCUT2D eigenvalue weighted by atomic mass is 10.3. The maximum atomic E-state index is 11.7. The highest BCUT2D eigenvalue weighted by Crippen LogP contribution is 2.16. The zero-order chi connectivity index (χ0) is 14.1. The van der Waals surface area contributed by atoms with Crippen LogP contribution < -0.4 is 10.6 Å². The van der Waals surface area contributed by atoms with Crippen molar-refractivity contribution in [2.24, 2.45) is 0 Å². The minimum Gasteiger partial charge on any atom is -0.351 e. The molecule has 1 aromatic carbocycles. The molecule has 106 valence electrons. The third kappa shape index (κ3) is 6.22. The van der Waals surface area contributed by atoms with Crippen LogP contribution in [0.15, 0.2) is 24.3 Å². The van der Waals surface area contributed by atoms with E-state index in [2.05, 4.69) is 33.2 Å². The van der Waals surface area contributed by atoms with Gasteiger partial charge in [-0.15, -0.1) is 0 Å². The molecule has 2 amide bonds. The van der Waals surface area contributed by atoms with E-state index < -0.39 is 6.29 Å². The Morgan fingerprint density at radius 2 is 1.89 bits per heavy atom. The van der Waals surface area contributed by atoms with Crippen LogP contribution in [0.4, 0.5) is 10.5 Å². The zero-order valence-electron chi connectivity index (χ0n) is 11.1. The van der Waals surface area contributed by atoms with Crippen LogP contribution in [0.5, 0.6) is 0 Å². The van der Waals surface area contributed by atoms with Gasteiger partial charge in [0.05, 0.1) is 12.2 Å². The van der Waals surface area contributed by atoms with Crippen molar-refractivity contribution >= 4 is 34.3 Å². The number of hydrogen-bond donors (Lipinski definition) is 2. The van der Waals surface area contributed by atoms with Gasteiger partial charge in [0.25, 0.3) is 0 Å². The third-order valence-corrected chi connectivity index (χ3v) is 3.20. The van der Waals surface area contributed by atoms with Crippen LogP contribution in [0.25, 0.3) is 0 Å². The van der Waals surface area contributed by atoms with Gasteiger partial charge in [-0.05, 0) is 48.6 Å². The number of anilines is 1. The van der Waals surface area contributed by atoms with Crippen molar-refractivity contribution < 1.29 is 14.3 Å². The summed E-state index contributed by atoms with van der Waals surface area (Å²) in [6, 6.07) is 7.31. The molecule has 0 saturated heterocycles. The number of ether oxygens (including phenoxy) is 2.